The van der Waals surface area contributed by atoms with E-state index in [1.807, 2.05) is 5.10 Å². The highest BCUT2D eigenvalue weighted by Gasteiger charge is 2.04. The van der Waals surface area contributed by atoms with Gasteiger partial charge in [-0.15, -0.1) is 0 Å². The molecule has 1 heterocycles. The van der Waals surface area contributed by atoms with E-state index in [4.69, 9.17) is 1.37 Å². The van der Waals surface area contributed by atoms with Crippen LogP contribution in [0.25, 0.3) is 0 Å². The maximum atomic E-state index is 10.8. The first kappa shape index (κ1) is 6.09. The van der Waals surface area contributed by atoms with Gasteiger partial charge in [0, 0.05) is 6.04 Å². The number of esters is 1. The summed E-state index contributed by atoms with van der Waals surface area (Å²) >= 11 is 0. The van der Waals surface area contributed by atoms with Crippen LogP contribution in [0.2, 0.25) is 0 Å². The second kappa shape index (κ2) is 2.96. The van der Waals surface area contributed by atoms with Gasteiger partial charge in [-0.25, -0.2) is 9.89 Å². The van der Waals surface area contributed by atoms with Gasteiger partial charge < -0.3 is 4.74 Å². The number of nitrogens with one attached hydrogen (secondary N) is 1. The number of H-pyrrole nitrogens is 1. The van der Waals surface area contributed by atoms with Gasteiger partial charge >= 0.3 is 5.97 Å². The summed E-state index contributed by atoms with van der Waals surface area (Å²) in [6, 6.07) is 0.732. The second-order valence-electron chi connectivity index (χ2n) is 1.72. The van der Waals surface area contributed by atoms with Crippen LogP contribution in [-0.4, -0.2) is 23.3 Å². The Labute approximate surface area is 63.4 Å². The molecule has 1 N–H and O–H groups in total. The van der Waals surface area contributed by atoms with Crippen LogP contribution in [0, 0.1) is 0 Å². The number of hydrogen-bond donors (Lipinski definition) is 1. The topological polar surface area (TPSA) is 72.0 Å². The van der Waals surface area contributed by atoms with Crippen LogP contribution in [0.5, 0.6) is 0 Å². The van der Waals surface area contributed by atoms with E-state index in [1.54, 1.807) is 0 Å². The number of aromatic nitrogens is 2. The lowest BCUT2D eigenvalue weighted by molar-refractivity contribution is 0.0592. The maximum Gasteiger partial charge on any atom is 0.358 e. The summed E-state index contributed by atoms with van der Waals surface area (Å²) in [5.41, 5.74) is -0.718. The molecular weight excluding hydrogens is 148 g/mol. The third kappa shape index (κ3) is 1.64. The standard InChI is InChI=1S/C6H6N2O3/c1-11-6(10)4-2-3-5(9)8-7-4/h2-3H,1H3,(H,8,9)/i3D. The number of carbonyl (C=O) groups excluding carboxylic acids is 1. The highest BCUT2D eigenvalue weighted by molar-refractivity contribution is 5.86. The van der Waals surface area contributed by atoms with Crippen LogP contribution in [-0.2, 0) is 4.74 Å². The third-order valence-corrected chi connectivity index (χ3v) is 1.01. The number of hydrogen-bond acceptors (Lipinski definition) is 4. The highest BCUT2D eigenvalue weighted by Crippen LogP contribution is 1.89. The Morgan fingerprint density at radius 3 is 3.18 bits per heavy atom. The van der Waals surface area contributed by atoms with Gasteiger partial charge in [0.1, 0.15) is 0 Å². The van der Waals surface area contributed by atoms with Crippen molar-refractivity contribution in [1.29, 1.82) is 0 Å². The molecule has 0 aromatic carbocycles. The molecule has 0 fully saturated rings. The van der Waals surface area contributed by atoms with Gasteiger partial charge in [0.25, 0.3) is 5.56 Å². The van der Waals surface area contributed by atoms with Gasteiger partial charge in [-0.05, 0) is 6.07 Å². The van der Waals surface area contributed by atoms with Crippen LogP contribution in [0.1, 0.15) is 11.9 Å². The maximum absolute atomic E-state index is 10.8. The Morgan fingerprint density at radius 2 is 2.64 bits per heavy atom. The zero-order valence-corrected chi connectivity index (χ0v) is 5.75. The van der Waals surface area contributed by atoms with Crippen LogP contribution in [0.3, 0.4) is 0 Å². The molecule has 0 radical (unpaired) electrons. The molecule has 1 aromatic rings. The lowest BCUT2D eigenvalue weighted by atomic mass is 10.4. The number of methoxy groups -OCH3 is 1. The molecule has 0 bridgehead atoms. The smallest absolute Gasteiger partial charge is 0.358 e. The van der Waals surface area contributed by atoms with E-state index in [9.17, 15) is 9.59 Å². The summed E-state index contributed by atoms with van der Waals surface area (Å²) in [7, 11) is 1.19. The first-order chi connectivity index (χ1) is 5.65. The SMILES string of the molecule is [2H]c1cc(C(=O)OC)n[nH]c1=O. The molecule has 5 nitrogen and oxygen atoms in total. The molecule has 11 heavy (non-hydrogen) atoms. The molecule has 0 aliphatic rings. The predicted molar refractivity (Wildman–Crippen MR) is 36.2 cm³/mol. The average molecular weight is 155 g/mol. The summed E-state index contributed by atoms with van der Waals surface area (Å²) in [5.74, 6) is -0.681. The number of nitrogens with zero attached hydrogens (tertiary/aromatic N) is 1. The Morgan fingerprint density at radius 1 is 1.91 bits per heavy atom. The Hall–Kier alpha value is -1.65. The number of ether oxygens (including phenoxy) is 1. The first-order valence-electron chi connectivity index (χ1n) is 3.30. The Bertz CT molecular complexity index is 360. The Balaban J connectivity index is 3.13. The van der Waals surface area contributed by atoms with Crippen molar-refractivity contribution in [2.24, 2.45) is 0 Å². The number of aromatic amines is 1. The molecule has 0 spiro atoms. The van der Waals surface area contributed by atoms with E-state index >= 15 is 0 Å². The molecule has 0 saturated heterocycles. The summed E-state index contributed by atoms with van der Waals surface area (Å²) < 4.78 is 11.4. The van der Waals surface area contributed by atoms with E-state index in [2.05, 4.69) is 9.84 Å². The van der Waals surface area contributed by atoms with Crippen LogP contribution in [0.4, 0.5) is 0 Å². The Kier molecular flexibility index (Phi) is 1.64. The molecule has 0 aliphatic heterocycles. The van der Waals surface area contributed by atoms with Crippen molar-refractivity contribution < 1.29 is 10.9 Å². The second-order valence-corrected chi connectivity index (χ2v) is 1.72. The van der Waals surface area contributed by atoms with Gasteiger partial charge in [-0.2, -0.15) is 5.10 Å². The molecule has 0 atom stereocenters. The van der Waals surface area contributed by atoms with Crippen molar-refractivity contribution in [2.75, 3.05) is 7.11 Å². The normalized spacial score (nSPS) is 10.5. The van der Waals surface area contributed by atoms with Gasteiger partial charge in [-0.1, -0.05) is 0 Å². The molecule has 5 heteroatoms. The average Bonchev–Trinajstić information content (AvgIpc) is 2.08. The lowest BCUT2D eigenvalue weighted by Crippen LogP contribution is -2.12. The number of rotatable bonds is 1. The summed E-state index contributed by atoms with van der Waals surface area (Å²) in [4.78, 5) is 21.4. The number of carbonyl (C=O) groups is 1. The fourth-order valence-corrected chi connectivity index (χ4v) is 0.519. The van der Waals surface area contributed by atoms with Crippen molar-refractivity contribution in [3.8, 4) is 0 Å². The fourth-order valence-electron chi connectivity index (χ4n) is 0.519. The molecule has 0 amide bonds. The summed E-state index contributed by atoms with van der Waals surface area (Å²) in [6.45, 7) is 0. The first-order valence-corrected chi connectivity index (χ1v) is 2.80. The van der Waals surface area contributed by atoms with E-state index in [-0.39, 0.29) is 11.7 Å². The molecule has 0 saturated carbocycles. The van der Waals surface area contributed by atoms with Gasteiger partial charge in [0.2, 0.25) is 0 Å². The zero-order chi connectivity index (χ0) is 9.14. The van der Waals surface area contributed by atoms with Crippen molar-refractivity contribution >= 4 is 5.97 Å². The third-order valence-electron chi connectivity index (χ3n) is 1.01. The lowest BCUT2D eigenvalue weighted by Gasteiger charge is -1.94. The minimum absolute atomic E-state index is 0.0814. The van der Waals surface area contributed by atoms with Crippen molar-refractivity contribution in [3.63, 3.8) is 0 Å². The molecule has 1 rings (SSSR count). The zero-order valence-electron chi connectivity index (χ0n) is 6.75. The van der Waals surface area contributed by atoms with Gasteiger partial charge in [0.05, 0.1) is 8.48 Å². The molecule has 0 unspecified atom stereocenters. The van der Waals surface area contributed by atoms with E-state index in [0.29, 0.717) is 0 Å². The predicted octanol–water partition coefficient (Wildman–Crippen LogP) is -0.443. The van der Waals surface area contributed by atoms with Gasteiger partial charge in [0.15, 0.2) is 5.69 Å². The van der Waals surface area contributed by atoms with Crippen molar-refractivity contribution in [2.45, 2.75) is 0 Å². The summed E-state index contributed by atoms with van der Waals surface area (Å²) in [6.07, 6.45) is 0. The van der Waals surface area contributed by atoms with Crippen LogP contribution in [0.15, 0.2) is 16.9 Å². The van der Waals surface area contributed by atoms with Crippen LogP contribution >= 0.6 is 0 Å². The monoisotopic (exact) mass is 155 g/mol. The molecule has 58 valence electrons. The molecular formula is C6H6N2O3. The summed E-state index contributed by atoms with van der Waals surface area (Å²) in [5, 5.41) is 5.37. The molecule has 1 aromatic heterocycles. The fraction of sp³-hybridized carbons (Fsp3) is 0.167. The van der Waals surface area contributed by atoms with Gasteiger partial charge in [-0.3, -0.25) is 4.79 Å². The van der Waals surface area contributed by atoms with Crippen LogP contribution < -0.4 is 5.56 Å². The highest BCUT2D eigenvalue weighted by atomic mass is 16.5. The quantitative estimate of drug-likeness (QED) is 0.558. The largest absolute Gasteiger partial charge is 0.464 e. The van der Waals surface area contributed by atoms with E-state index in [0.717, 1.165) is 6.07 Å². The van der Waals surface area contributed by atoms with Crippen molar-refractivity contribution in [3.05, 3.63) is 28.2 Å². The van der Waals surface area contributed by atoms with E-state index in [1.165, 1.54) is 7.11 Å². The van der Waals surface area contributed by atoms with Crippen molar-refractivity contribution in [1.82, 2.24) is 10.2 Å². The molecule has 0 aliphatic carbocycles. The minimum Gasteiger partial charge on any atom is -0.464 e. The van der Waals surface area contributed by atoms with E-state index < -0.39 is 11.5 Å². The minimum atomic E-state index is -0.681.